The van der Waals surface area contributed by atoms with Crippen LogP contribution >= 0.6 is 0 Å². The summed E-state index contributed by atoms with van der Waals surface area (Å²) in [6.07, 6.45) is 0.563. The Kier molecular flexibility index (Phi) is 7.53. The van der Waals surface area contributed by atoms with Crippen LogP contribution in [0.1, 0.15) is 15.9 Å². The molecule has 2 rings (SSSR count). The summed E-state index contributed by atoms with van der Waals surface area (Å²) in [4.78, 5) is 23.9. The molecule has 0 radical (unpaired) electrons. The van der Waals surface area contributed by atoms with Crippen LogP contribution < -0.4 is 14.8 Å². The van der Waals surface area contributed by atoms with Gasteiger partial charge in [-0.15, -0.1) is 0 Å². The third-order valence-corrected chi connectivity index (χ3v) is 5.30. The van der Waals surface area contributed by atoms with E-state index in [1.54, 1.807) is 7.11 Å². The fourth-order valence-corrected chi connectivity index (χ4v) is 3.20. The van der Waals surface area contributed by atoms with E-state index in [1.807, 2.05) is 24.3 Å². The van der Waals surface area contributed by atoms with Crippen LogP contribution in [0.4, 0.5) is 0 Å². The number of methoxy groups -OCH3 is 1. The summed E-state index contributed by atoms with van der Waals surface area (Å²) in [6.45, 7) is -0.111. The van der Waals surface area contributed by atoms with Crippen LogP contribution in [0.15, 0.2) is 53.4 Å². The number of ether oxygens (including phenoxy) is 2. The number of nitrogens with one attached hydrogen (secondary N) is 2. The number of rotatable bonds is 9. The topological polar surface area (TPSA) is 111 Å². The minimum absolute atomic E-state index is 0.0400. The summed E-state index contributed by atoms with van der Waals surface area (Å²) in [5, 5.41) is 2.66. The van der Waals surface area contributed by atoms with Crippen LogP contribution in [-0.2, 0) is 26.0 Å². The molecule has 1 amide bonds. The molecule has 0 unspecified atom stereocenters. The Morgan fingerprint density at radius 1 is 1.07 bits per heavy atom. The lowest BCUT2D eigenvalue weighted by Crippen LogP contribution is -2.30. The molecule has 0 atom stereocenters. The molecule has 2 aromatic rings. The second kappa shape index (κ2) is 9.86. The molecule has 0 aliphatic rings. The first-order valence-corrected chi connectivity index (χ1v) is 9.95. The zero-order valence-corrected chi connectivity index (χ0v) is 16.4. The SMILES string of the molecule is CNS(=O)(=O)c1cccc(C(=O)OCC(=O)NCCc2ccccc2OC)c1. The van der Waals surface area contributed by atoms with E-state index in [4.69, 9.17) is 9.47 Å². The lowest BCUT2D eigenvalue weighted by Gasteiger charge is -2.10. The van der Waals surface area contributed by atoms with E-state index in [2.05, 4.69) is 10.0 Å². The van der Waals surface area contributed by atoms with Crippen molar-refractivity contribution in [1.82, 2.24) is 10.0 Å². The molecule has 28 heavy (non-hydrogen) atoms. The molecule has 150 valence electrons. The number of sulfonamides is 1. The summed E-state index contributed by atoms with van der Waals surface area (Å²) >= 11 is 0. The van der Waals surface area contributed by atoms with Gasteiger partial charge in [0.25, 0.3) is 5.91 Å². The Bertz CT molecular complexity index is 943. The maximum atomic E-state index is 12.1. The van der Waals surface area contributed by atoms with Gasteiger partial charge < -0.3 is 14.8 Å². The molecular weight excluding hydrogens is 384 g/mol. The maximum Gasteiger partial charge on any atom is 0.338 e. The van der Waals surface area contributed by atoms with Gasteiger partial charge in [0, 0.05) is 6.54 Å². The minimum Gasteiger partial charge on any atom is -0.496 e. The number of benzene rings is 2. The summed E-state index contributed by atoms with van der Waals surface area (Å²) in [7, 11) is -0.826. The highest BCUT2D eigenvalue weighted by molar-refractivity contribution is 7.89. The molecule has 0 saturated heterocycles. The number of esters is 1. The fourth-order valence-electron chi connectivity index (χ4n) is 2.42. The lowest BCUT2D eigenvalue weighted by atomic mass is 10.1. The second-order valence-electron chi connectivity index (χ2n) is 5.72. The van der Waals surface area contributed by atoms with Crippen LogP contribution in [-0.4, -0.2) is 47.6 Å². The maximum absolute atomic E-state index is 12.1. The van der Waals surface area contributed by atoms with Crippen LogP contribution in [0, 0.1) is 0 Å². The van der Waals surface area contributed by atoms with Gasteiger partial charge in [-0.25, -0.2) is 17.9 Å². The van der Waals surface area contributed by atoms with Crippen LogP contribution in [0.2, 0.25) is 0 Å². The fraction of sp³-hybridized carbons (Fsp3) is 0.263. The highest BCUT2D eigenvalue weighted by atomic mass is 32.2. The smallest absolute Gasteiger partial charge is 0.338 e. The van der Waals surface area contributed by atoms with E-state index in [-0.39, 0.29) is 10.5 Å². The Hall–Kier alpha value is -2.91. The van der Waals surface area contributed by atoms with Gasteiger partial charge in [0.05, 0.1) is 17.6 Å². The molecule has 2 aromatic carbocycles. The van der Waals surface area contributed by atoms with Gasteiger partial charge in [-0.2, -0.15) is 0 Å². The normalized spacial score (nSPS) is 10.9. The molecule has 0 aromatic heterocycles. The van der Waals surface area contributed by atoms with Crippen LogP contribution in [0.25, 0.3) is 0 Å². The second-order valence-corrected chi connectivity index (χ2v) is 7.61. The van der Waals surface area contributed by atoms with Crippen molar-refractivity contribution in [2.75, 3.05) is 27.3 Å². The van der Waals surface area contributed by atoms with Crippen molar-refractivity contribution >= 4 is 21.9 Å². The van der Waals surface area contributed by atoms with Crippen LogP contribution in [0.5, 0.6) is 5.75 Å². The van der Waals surface area contributed by atoms with Gasteiger partial charge in [-0.1, -0.05) is 24.3 Å². The molecule has 0 bridgehead atoms. The highest BCUT2D eigenvalue weighted by Crippen LogP contribution is 2.17. The van der Waals surface area contributed by atoms with Gasteiger partial charge in [0.2, 0.25) is 10.0 Å². The third-order valence-electron chi connectivity index (χ3n) is 3.89. The average Bonchev–Trinajstić information content (AvgIpc) is 2.72. The van der Waals surface area contributed by atoms with Crippen LogP contribution in [0.3, 0.4) is 0 Å². The quantitative estimate of drug-likeness (QED) is 0.604. The first kappa shape index (κ1) is 21.4. The predicted molar refractivity (Wildman–Crippen MR) is 103 cm³/mol. The first-order valence-electron chi connectivity index (χ1n) is 8.46. The summed E-state index contributed by atoms with van der Waals surface area (Å²) in [5.74, 6) is -0.505. The zero-order chi connectivity index (χ0) is 20.6. The molecule has 0 heterocycles. The van der Waals surface area contributed by atoms with E-state index in [9.17, 15) is 18.0 Å². The van der Waals surface area contributed by atoms with Crippen molar-refractivity contribution in [3.05, 3.63) is 59.7 Å². The van der Waals surface area contributed by atoms with E-state index in [0.29, 0.717) is 13.0 Å². The number of amides is 1. The van der Waals surface area contributed by atoms with Crippen molar-refractivity contribution in [3.8, 4) is 5.75 Å². The van der Waals surface area contributed by atoms with Crippen molar-refractivity contribution in [3.63, 3.8) is 0 Å². The molecule has 0 spiro atoms. The number of carbonyl (C=O) groups excluding carboxylic acids is 2. The summed E-state index contributed by atoms with van der Waals surface area (Å²) in [6, 6.07) is 12.9. The van der Waals surface area contributed by atoms with Crippen molar-refractivity contribution in [2.45, 2.75) is 11.3 Å². The largest absolute Gasteiger partial charge is 0.496 e. The van der Waals surface area contributed by atoms with Gasteiger partial charge in [0.1, 0.15) is 5.75 Å². The van der Waals surface area contributed by atoms with Gasteiger partial charge in [0.15, 0.2) is 6.61 Å². The van der Waals surface area contributed by atoms with Gasteiger partial charge in [-0.05, 0) is 43.3 Å². The molecule has 0 fully saturated rings. The van der Waals surface area contributed by atoms with Crippen molar-refractivity contribution in [1.29, 1.82) is 0 Å². The molecule has 9 heteroatoms. The predicted octanol–water partition coefficient (Wildman–Crippen LogP) is 1.12. The monoisotopic (exact) mass is 406 g/mol. The molecule has 0 aliphatic heterocycles. The lowest BCUT2D eigenvalue weighted by molar-refractivity contribution is -0.124. The average molecular weight is 406 g/mol. The van der Waals surface area contributed by atoms with E-state index >= 15 is 0 Å². The number of carbonyl (C=O) groups is 2. The molecule has 0 saturated carbocycles. The highest BCUT2D eigenvalue weighted by Gasteiger charge is 2.16. The number of para-hydroxylation sites is 1. The molecular formula is C19H22N2O6S. The Balaban J connectivity index is 1.84. The number of hydrogen-bond donors (Lipinski definition) is 2. The van der Waals surface area contributed by atoms with E-state index < -0.39 is 28.5 Å². The Morgan fingerprint density at radius 2 is 1.82 bits per heavy atom. The van der Waals surface area contributed by atoms with Crippen molar-refractivity contribution < 1.29 is 27.5 Å². The standard InChI is InChI=1S/C19H22N2O6S/c1-20-28(24,25)16-8-5-7-15(12-16)19(23)27-13-18(22)21-11-10-14-6-3-4-9-17(14)26-2/h3-9,12,20H,10-11,13H2,1-2H3,(H,21,22). The molecule has 0 aliphatic carbocycles. The van der Waals surface area contributed by atoms with E-state index in [0.717, 1.165) is 11.3 Å². The molecule has 8 nitrogen and oxygen atoms in total. The minimum atomic E-state index is -3.68. The van der Waals surface area contributed by atoms with E-state index in [1.165, 1.54) is 31.3 Å². The Labute approximate surface area is 163 Å². The first-order chi connectivity index (χ1) is 13.4. The van der Waals surface area contributed by atoms with Gasteiger partial charge >= 0.3 is 5.97 Å². The summed E-state index contributed by atoms with van der Waals surface area (Å²) < 4.78 is 35.9. The molecule has 2 N–H and O–H groups in total. The number of hydrogen-bond acceptors (Lipinski definition) is 6. The summed E-state index contributed by atoms with van der Waals surface area (Å²) in [5.41, 5.74) is 0.989. The third kappa shape index (κ3) is 5.80. The van der Waals surface area contributed by atoms with Crippen molar-refractivity contribution in [2.24, 2.45) is 0 Å². The Morgan fingerprint density at radius 3 is 2.54 bits per heavy atom. The zero-order valence-electron chi connectivity index (χ0n) is 15.6. The van der Waals surface area contributed by atoms with Gasteiger partial charge in [-0.3, -0.25) is 4.79 Å².